The van der Waals surface area contributed by atoms with Crippen LogP contribution in [-0.4, -0.2) is 26.7 Å². The number of hydrogen-bond donors (Lipinski definition) is 0. The van der Waals surface area contributed by atoms with Crippen LogP contribution in [0.25, 0.3) is 0 Å². The molecule has 0 bridgehead atoms. The average molecular weight is 280 g/mol. The van der Waals surface area contributed by atoms with Crippen LogP contribution in [0.15, 0.2) is 9.60 Å². The van der Waals surface area contributed by atoms with Gasteiger partial charge in [0.2, 0.25) is 0 Å². The van der Waals surface area contributed by atoms with Crippen molar-refractivity contribution in [1.29, 1.82) is 0 Å². The Kier molecular flexibility index (Phi) is 1.63. The molecule has 1 rings (SSSR count). The zero-order valence-electron chi connectivity index (χ0n) is 2.68. The van der Waals surface area contributed by atoms with Crippen LogP contribution in [0.5, 0.6) is 0 Å². The standard InChI is InChI=1S/C3H3P.Bi.H/c1-3-4-2;;/h1-3H;;. The van der Waals surface area contributed by atoms with Gasteiger partial charge < -0.3 is 0 Å². The van der Waals surface area contributed by atoms with Crippen molar-refractivity contribution in [2.24, 2.45) is 0 Å². The Balaban J connectivity index is 2.61. The van der Waals surface area contributed by atoms with Gasteiger partial charge in [-0.15, -0.1) is 0 Å². The molecule has 0 amide bonds. The monoisotopic (exact) mass is 280 g/mol. The third-order valence-electron chi connectivity index (χ3n) is 0.406. The first-order chi connectivity index (χ1) is 2.50. The Morgan fingerprint density at radius 2 is 2.60 bits per heavy atom. The molecule has 0 aromatic carbocycles. The van der Waals surface area contributed by atoms with Gasteiger partial charge in [0.15, 0.2) is 0 Å². The Morgan fingerprint density at radius 1 is 1.60 bits per heavy atom. The van der Waals surface area contributed by atoms with E-state index >= 15 is 0 Å². The molecule has 5 heavy (non-hydrogen) atoms. The summed E-state index contributed by atoms with van der Waals surface area (Å²) in [5.74, 6) is 2.24. The molecule has 2 heteroatoms. The second-order valence-electron chi connectivity index (χ2n) is 0.761. The summed E-state index contributed by atoms with van der Waals surface area (Å²) < 4.78 is 4.78. The maximum atomic E-state index is 2.42. The van der Waals surface area contributed by atoms with Gasteiger partial charge in [0.05, 0.1) is 0 Å². The summed E-state index contributed by atoms with van der Waals surface area (Å²) in [6.45, 7) is 0. The Morgan fingerprint density at radius 3 is 2.80 bits per heavy atom. The first kappa shape index (κ1) is 3.97. The summed E-state index contributed by atoms with van der Waals surface area (Å²) in [6, 6.07) is 0. The van der Waals surface area contributed by atoms with Crippen LogP contribution in [0, 0.1) is 0 Å². The predicted octanol–water partition coefficient (Wildman–Crippen LogP) is 0.614. The zero-order chi connectivity index (χ0) is 3.54. The van der Waals surface area contributed by atoms with Crippen molar-refractivity contribution < 1.29 is 0 Å². The predicted molar refractivity (Wildman–Crippen MR) is 29.3 cm³/mol. The van der Waals surface area contributed by atoms with Crippen molar-refractivity contribution >= 4 is 34.9 Å². The second-order valence-corrected chi connectivity index (χ2v) is 7.22. The maximum absolute atomic E-state index is 2.42. The van der Waals surface area contributed by atoms with E-state index in [1.165, 1.54) is 8.20 Å². The van der Waals surface area contributed by atoms with E-state index < -0.39 is 0 Å². The average Bonchev–Trinajstić information content (AvgIpc) is 1.76. The minimum absolute atomic E-state index is 0.157. The molecule has 0 atom stereocenters. The topological polar surface area (TPSA) is 0 Å². The molecule has 0 fully saturated rings. The molecule has 0 saturated heterocycles. The van der Waals surface area contributed by atoms with E-state index in [0.29, 0.717) is 0 Å². The first-order valence-corrected chi connectivity index (χ1v) is 6.95. The second kappa shape index (κ2) is 2.05. The summed E-state index contributed by atoms with van der Waals surface area (Å²) in [4.78, 5) is 0. The molecule has 0 aromatic rings. The minimum atomic E-state index is -0.157. The first-order valence-electron chi connectivity index (χ1n) is 1.43. The van der Waals surface area contributed by atoms with Crippen molar-refractivity contribution in [3.8, 4) is 0 Å². The summed E-state index contributed by atoms with van der Waals surface area (Å²) >= 11 is -0.157. The van der Waals surface area contributed by atoms with Crippen LogP contribution in [0.2, 0.25) is 0 Å². The summed E-state index contributed by atoms with van der Waals surface area (Å²) in [6.07, 6.45) is 0. The Hall–Kier alpha value is 0.793. The van der Waals surface area contributed by atoms with E-state index in [0.717, 1.165) is 0 Å². The molecule has 1 aliphatic heterocycles. The molecule has 0 spiro atoms. The van der Waals surface area contributed by atoms with Gasteiger partial charge >= 0.3 is 44.5 Å². The van der Waals surface area contributed by atoms with Crippen LogP contribution in [-0.2, 0) is 0 Å². The SMILES string of the molecule is C1=[CH][BiH][CH]=P1. The van der Waals surface area contributed by atoms with Crippen molar-refractivity contribution in [3.05, 3.63) is 9.60 Å². The van der Waals surface area contributed by atoms with Gasteiger partial charge in [0.25, 0.3) is 0 Å². The number of rotatable bonds is 0. The fourth-order valence-corrected chi connectivity index (χ4v) is 5.66. The van der Waals surface area contributed by atoms with E-state index in [4.69, 9.17) is 0 Å². The summed E-state index contributed by atoms with van der Waals surface area (Å²) in [7, 11) is 1.47. The van der Waals surface area contributed by atoms with Crippen LogP contribution in [0.3, 0.4) is 0 Å². The molecule has 0 unspecified atom stereocenters. The van der Waals surface area contributed by atoms with E-state index in [-0.39, 0.29) is 23.2 Å². The van der Waals surface area contributed by atoms with Crippen LogP contribution >= 0.6 is 8.20 Å². The summed E-state index contributed by atoms with van der Waals surface area (Å²) in [5, 5.41) is 0. The normalized spacial score (nSPS) is 20.8. The molecule has 1 heterocycles. The van der Waals surface area contributed by atoms with Gasteiger partial charge in [0.1, 0.15) is 0 Å². The molecular formula is C3H4BiP. The van der Waals surface area contributed by atoms with E-state index in [1.807, 2.05) is 0 Å². The third-order valence-corrected chi connectivity index (χ3v) is 6.99. The van der Waals surface area contributed by atoms with Gasteiger partial charge in [-0.25, -0.2) is 0 Å². The van der Waals surface area contributed by atoms with Crippen molar-refractivity contribution in [2.45, 2.75) is 0 Å². The van der Waals surface area contributed by atoms with Gasteiger partial charge in [-0.2, -0.15) is 0 Å². The fraction of sp³-hybridized carbons (Fsp3) is 0. The fourth-order valence-electron chi connectivity index (χ4n) is 0.215. The van der Waals surface area contributed by atoms with Gasteiger partial charge in [0, 0.05) is 0 Å². The van der Waals surface area contributed by atoms with Crippen molar-refractivity contribution in [3.63, 3.8) is 0 Å². The molecule has 0 saturated carbocycles. The van der Waals surface area contributed by atoms with Crippen molar-refractivity contribution in [1.82, 2.24) is 0 Å². The molecule has 0 N–H and O–H groups in total. The molecule has 0 aliphatic carbocycles. The Labute approximate surface area is 44.6 Å². The molecule has 26 valence electrons. The van der Waals surface area contributed by atoms with Crippen molar-refractivity contribution in [2.75, 3.05) is 0 Å². The third kappa shape index (κ3) is 1.11. The molecule has 0 nitrogen and oxygen atoms in total. The van der Waals surface area contributed by atoms with Crippen LogP contribution < -0.4 is 0 Å². The van der Waals surface area contributed by atoms with E-state index in [9.17, 15) is 0 Å². The van der Waals surface area contributed by atoms with Crippen LogP contribution in [0.1, 0.15) is 0 Å². The molecular weight excluding hydrogens is 276 g/mol. The van der Waals surface area contributed by atoms with Crippen LogP contribution in [0.4, 0.5) is 0 Å². The van der Waals surface area contributed by atoms with Gasteiger partial charge in [-0.3, -0.25) is 0 Å². The van der Waals surface area contributed by atoms with E-state index in [2.05, 4.69) is 13.1 Å². The number of hydrogen-bond acceptors (Lipinski definition) is 0. The molecule has 0 aromatic heterocycles. The summed E-state index contributed by atoms with van der Waals surface area (Å²) in [5.41, 5.74) is 0. The quantitative estimate of drug-likeness (QED) is 0.450. The molecule has 1 aliphatic rings. The van der Waals surface area contributed by atoms with E-state index in [1.54, 1.807) is 0 Å². The molecule has 0 radical (unpaired) electrons. The van der Waals surface area contributed by atoms with Gasteiger partial charge in [-0.1, -0.05) is 0 Å². The Bertz CT molecular complexity index is 65.0. The van der Waals surface area contributed by atoms with Gasteiger partial charge in [-0.05, 0) is 0 Å². The zero-order valence-corrected chi connectivity index (χ0v) is 7.46.